The van der Waals surface area contributed by atoms with Crippen LogP contribution in [0.5, 0.6) is 5.75 Å². The molecule has 3 aromatic rings. The number of esters is 1. The fourth-order valence-electron chi connectivity index (χ4n) is 3.62. The summed E-state index contributed by atoms with van der Waals surface area (Å²) in [6.45, 7) is 7.47. The lowest BCUT2D eigenvalue weighted by Crippen LogP contribution is -2.41. The number of hydrogen-bond acceptors (Lipinski definition) is 7. The number of halogens is 5. The van der Waals surface area contributed by atoms with Crippen molar-refractivity contribution in [1.82, 2.24) is 5.32 Å². The Morgan fingerprint density at radius 1 is 0.938 bits per heavy atom. The van der Waals surface area contributed by atoms with Crippen molar-refractivity contribution in [3.63, 3.8) is 0 Å². The molecule has 0 aliphatic carbocycles. The number of para-hydroxylation sites is 1. The first-order chi connectivity index (χ1) is 22.6. The average molecular weight is 693 g/mol. The Kier molecular flexibility index (Phi) is 13.0. The van der Waals surface area contributed by atoms with Gasteiger partial charge in [0.1, 0.15) is 23.9 Å². The van der Waals surface area contributed by atoms with Gasteiger partial charge in [-0.2, -0.15) is 22.0 Å². The molecular formula is C32H33F5N6O4S. The normalized spacial score (nSPS) is 12.8. The molecule has 0 saturated heterocycles. The zero-order chi connectivity index (χ0) is 35.5. The molecule has 0 radical (unpaired) electrons. The second-order valence-corrected chi connectivity index (χ2v) is 11.4. The van der Waals surface area contributed by atoms with Crippen LogP contribution in [0.3, 0.4) is 0 Å². The summed E-state index contributed by atoms with van der Waals surface area (Å²) < 4.78 is 72.0. The molecule has 3 aromatic carbocycles. The van der Waals surface area contributed by atoms with Crippen molar-refractivity contribution in [2.45, 2.75) is 45.9 Å². The smallest absolute Gasteiger partial charge is 0.454 e. The van der Waals surface area contributed by atoms with E-state index in [1.807, 2.05) is 38.1 Å². The van der Waals surface area contributed by atoms with Gasteiger partial charge in [-0.05, 0) is 77.8 Å². The van der Waals surface area contributed by atoms with Gasteiger partial charge < -0.3 is 20.5 Å². The van der Waals surface area contributed by atoms with Gasteiger partial charge in [0.25, 0.3) is 0 Å². The van der Waals surface area contributed by atoms with E-state index < -0.39 is 24.1 Å². The van der Waals surface area contributed by atoms with Crippen molar-refractivity contribution < 1.29 is 41.0 Å². The van der Waals surface area contributed by atoms with Gasteiger partial charge in [-0.15, -0.1) is 0 Å². The van der Waals surface area contributed by atoms with Crippen molar-refractivity contribution in [3.05, 3.63) is 83.9 Å². The number of alkyl halides is 5. The van der Waals surface area contributed by atoms with Crippen LogP contribution >= 0.6 is 11.8 Å². The van der Waals surface area contributed by atoms with E-state index in [0.717, 1.165) is 47.9 Å². The third kappa shape index (κ3) is 11.4. The second kappa shape index (κ2) is 16.7. The topological polar surface area (TPSA) is 140 Å². The fourth-order valence-corrected chi connectivity index (χ4v) is 4.23. The van der Waals surface area contributed by atoms with Crippen molar-refractivity contribution in [2.75, 3.05) is 11.3 Å². The molecule has 48 heavy (non-hydrogen) atoms. The monoisotopic (exact) mass is 692 g/mol. The Morgan fingerprint density at radius 3 is 2.19 bits per heavy atom. The van der Waals surface area contributed by atoms with Crippen LogP contribution < -0.4 is 21.1 Å². The molecule has 256 valence electrons. The maximum absolute atomic E-state index is 13.0. The maximum atomic E-state index is 13.0. The van der Waals surface area contributed by atoms with Crippen LogP contribution in [0.4, 0.5) is 43.8 Å². The molecule has 0 unspecified atom stereocenters. The number of amidine groups is 2. The zero-order valence-electron chi connectivity index (χ0n) is 26.2. The van der Waals surface area contributed by atoms with Gasteiger partial charge in [-0.25, -0.2) is 19.8 Å². The van der Waals surface area contributed by atoms with Gasteiger partial charge in [0.15, 0.2) is 5.17 Å². The number of carbonyl (C=O) groups excluding carboxylic acids is 2. The minimum Gasteiger partial charge on any atom is -0.454 e. The van der Waals surface area contributed by atoms with Crippen molar-refractivity contribution >= 4 is 58.2 Å². The molecule has 4 N–H and O–H groups in total. The standard InChI is InChI=1S/C32H33F5N6O4S/c1-19(2)25-7-5-6-8-26(25)42-30(48-18-46-28(44)20(3)4)43-29(45)41-23-11-9-21(10-12-23)27(38)40-17-39-22-13-15-24(16-14-22)47-32(36,37)31(33,34)35/h5-17,19-20H,18H2,1-4H3,(H2,38,39,40)(H2,41,42,43,45). The molecule has 10 nitrogen and oxygen atoms in total. The minimum atomic E-state index is -5.86. The minimum absolute atomic E-state index is 0.0464. The lowest BCUT2D eigenvalue weighted by Gasteiger charge is -2.20. The Balaban J connectivity index is 1.63. The Bertz CT molecular complexity index is 1640. The molecule has 0 spiro atoms. The first-order valence-electron chi connectivity index (χ1n) is 14.3. The number of aliphatic imine (C=N–C) groups is 3. The van der Waals surface area contributed by atoms with Crippen molar-refractivity contribution in [1.29, 1.82) is 0 Å². The Hall–Kier alpha value is -4.99. The van der Waals surface area contributed by atoms with Crippen LogP contribution in [0.1, 0.15) is 44.7 Å². The predicted molar refractivity (Wildman–Crippen MR) is 177 cm³/mol. The SMILES string of the molecule is CC(C)C(=O)OCSC(=Nc1ccccc1C(C)C)NC(=O)Nc1ccc(C(N)=NC=Nc2ccc(OC(F)(F)C(F)(F)F)cc2)cc1. The van der Waals surface area contributed by atoms with Crippen LogP contribution in [0.15, 0.2) is 87.8 Å². The van der Waals surface area contributed by atoms with Crippen LogP contribution in [0.25, 0.3) is 0 Å². The highest BCUT2D eigenvalue weighted by molar-refractivity contribution is 8.13. The molecule has 0 aromatic heterocycles. The second-order valence-electron chi connectivity index (χ2n) is 10.5. The van der Waals surface area contributed by atoms with Gasteiger partial charge in [-0.3, -0.25) is 10.1 Å². The number of nitrogens with one attached hydrogen (secondary N) is 2. The number of anilines is 1. The molecule has 2 amide bonds. The van der Waals surface area contributed by atoms with Crippen LogP contribution in [-0.4, -0.2) is 47.6 Å². The molecule has 0 heterocycles. The summed E-state index contributed by atoms with van der Waals surface area (Å²) in [4.78, 5) is 37.4. The highest BCUT2D eigenvalue weighted by Gasteiger charge is 2.61. The molecule has 3 rings (SSSR count). The summed E-state index contributed by atoms with van der Waals surface area (Å²) in [5.74, 6) is -1.24. The number of nitrogens with two attached hydrogens (primary N) is 1. The van der Waals surface area contributed by atoms with Crippen LogP contribution in [0, 0.1) is 5.92 Å². The zero-order valence-corrected chi connectivity index (χ0v) is 27.0. The molecule has 0 fully saturated rings. The third-order valence-corrected chi connectivity index (χ3v) is 6.83. The summed E-state index contributed by atoms with van der Waals surface area (Å²) >= 11 is 1.05. The number of thioether (sulfide) groups is 1. The van der Waals surface area contributed by atoms with E-state index in [9.17, 15) is 31.5 Å². The van der Waals surface area contributed by atoms with Crippen molar-refractivity contribution in [3.8, 4) is 5.75 Å². The third-order valence-electron chi connectivity index (χ3n) is 6.12. The lowest BCUT2D eigenvalue weighted by atomic mass is 10.0. The number of hydrogen-bond donors (Lipinski definition) is 3. The number of carbonyl (C=O) groups is 2. The quantitative estimate of drug-likeness (QED) is 0.0610. The summed E-state index contributed by atoms with van der Waals surface area (Å²) in [5, 5.41) is 5.60. The summed E-state index contributed by atoms with van der Waals surface area (Å²) in [5.41, 5.74) is 8.70. The molecule has 0 atom stereocenters. The Morgan fingerprint density at radius 2 is 1.58 bits per heavy atom. The van der Waals surface area contributed by atoms with Gasteiger partial charge in [-0.1, -0.05) is 45.9 Å². The number of amides is 2. The molecule has 16 heteroatoms. The lowest BCUT2D eigenvalue weighted by molar-refractivity contribution is -0.360. The van der Waals surface area contributed by atoms with E-state index in [1.165, 1.54) is 0 Å². The number of benzene rings is 3. The van der Waals surface area contributed by atoms with E-state index >= 15 is 0 Å². The van der Waals surface area contributed by atoms with Crippen LogP contribution in [0.2, 0.25) is 0 Å². The van der Waals surface area contributed by atoms with E-state index in [0.29, 0.717) is 16.9 Å². The first-order valence-corrected chi connectivity index (χ1v) is 15.3. The number of rotatable bonds is 11. The molecule has 0 bridgehead atoms. The molecule has 0 aliphatic rings. The van der Waals surface area contributed by atoms with E-state index in [2.05, 4.69) is 30.3 Å². The molecule has 0 saturated carbocycles. The molecular weight excluding hydrogens is 659 g/mol. The molecule has 0 aliphatic heterocycles. The average Bonchev–Trinajstić information content (AvgIpc) is 3.01. The number of nitrogens with zero attached hydrogens (tertiary/aromatic N) is 3. The highest BCUT2D eigenvalue weighted by Crippen LogP contribution is 2.37. The largest absolute Gasteiger partial charge is 0.499 e. The van der Waals surface area contributed by atoms with Crippen LogP contribution in [-0.2, 0) is 9.53 Å². The fraction of sp³-hybridized carbons (Fsp3) is 0.281. The van der Waals surface area contributed by atoms with E-state index in [1.54, 1.807) is 38.1 Å². The maximum Gasteiger partial charge on any atom is 0.499 e. The van der Waals surface area contributed by atoms with E-state index in [-0.39, 0.29) is 40.4 Å². The van der Waals surface area contributed by atoms with Gasteiger partial charge in [0.2, 0.25) is 0 Å². The van der Waals surface area contributed by atoms with Gasteiger partial charge in [0, 0.05) is 11.3 Å². The van der Waals surface area contributed by atoms with Gasteiger partial charge in [0.05, 0.1) is 17.3 Å². The summed E-state index contributed by atoms with van der Waals surface area (Å²) in [6.07, 6.45) is -10.1. The first kappa shape index (κ1) is 37.5. The Labute approximate surface area is 277 Å². The predicted octanol–water partition coefficient (Wildman–Crippen LogP) is 8.11. The highest BCUT2D eigenvalue weighted by atomic mass is 32.2. The van der Waals surface area contributed by atoms with E-state index in [4.69, 9.17) is 10.5 Å². The van der Waals surface area contributed by atoms with Crippen molar-refractivity contribution in [2.24, 2.45) is 26.6 Å². The summed E-state index contributed by atoms with van der Waals surface area (Å²) in [6, 6.07) is 17.3. The number of urea groups is 1. The number of ether oxygens (including phenoxy) is 2. The summed E-state index contributed by atoms with van der Waals surface area (Å²) in [7, 11) is 0. The van der Waals surface area contributed by atoms with Gasteiger partial charge >= 0.3 is 24.3 Å².